The van der Waals surface area contributed by atoms with Crippen molar-refractivity contribution >= 4 is 17.4 Å². The molecule has 1 aromatic heterocycles. The molecule has 1 N–H and O–H groups in total. The number of nitrogens with zero attached hydrogens (tertiary/aromatic N) is 2. The van der Waals surface area contributed by atoms with Crippen molar-refractivity contribution < 1.29 is 4.74 Å². The average molecular weight is 290 g/mol. The molecule has 0 saturated carbocycles. The van der Waals surface area contributed by atoms with Gasteiger partial charge in [-0.05, 0) is 24.5 Å². The van der Waals surface area contributed by atoms with Gasteiger partial charge in [-0.1, -0.05) is 24.3 Å². The van der Waals surface area contributed by atoms with Crippen LogP contribution in [0.1, 0.15) is 24.1 Å². The summed E-state index contributed by atoms with van der Waals surface area (Å²) < 4.78 is 5.36. The van der Waals surface area contributed by atoms with E-state index in [0.29, 0.717) is 18.3 Å². The second-order valence-electron chi connectivity index (χ2n) is 4.72. The Bertz CT molecular complexity index is 605. The molecule has 104 valence electrons. The highest BCUT2D eigenvalue weighted by molar-refractivity contribution is 6.21. The molecule has 4 nitrogen and oxygen atoms in total. The van der Waals surface area contributed by atoms with Gasteiger partial charge in [0.05, 0.1) is 30.4 Å². The van der Waals surface area contributed by atoms with Crippen molar-refractivity contribution in [2.45, 2.75) is 24.8 Å². The van der Waals surface area contributed by atoms with E-state index in [1.165, 1.54) is 11.1 Å². The number of aromatic nitrogens is 2. The van der Waals surface area contributed by atoms with Crippen molar-refractivity contribution in [2.75, 3.05) is 11.9 Å². The quantitative estimate of drug-likeness (QED) is 0.878. The zero-order valence-corrected chi connectivity index (χ0v) is 12.0. The van der Waals surface area contributed by atoms with E-state index in [9.17, 15) is 0 Å². The zero-order valence-electron chi connectivity index (χ0n) is 11.2. The van der Waals surface area contributed by atoms with E-state index in [1.54, 1.807) is 12.4 Å². The molecule has 1 aromatic carbocycles. The van der Waals surface area contributed by atoms with Crippen molar-refractivity contribution in [2.24, 2.45) is 0 Å². The van der Waals surface area contributed by atoms with Crippen molar-refractivity contribution in [1.29, 1.82) is 0 Å². The van der Waals surface area contributed by atoms with Crippen LogP contribution in [-0.4, -0.2) is 22.0 Å². The van der Waals surface area contributed by atoms with Gasteiger partial charge in [-0.25, -0.2) is 0 Å². The third kappa shape index (κ3) is 2.56. The highest BCUT2D eigenvalue weighted by Gasteiger charge is 2.30. The molecule has 0 aliphatic heterocycles. The standard InChI is InChI=1S/C15H16ClN3O/c1-2-20-14-9-17-8-13(18-14)19-15-11-6-4-3-5-10(11)7-12(15)16/h3-6,8-9,12,15H,2,7H2,1H3,(H,18,19). The number of rotatable bonds is 4. The molecule has 1 aliphatic rings. The Hall–Kier alpha value is -1.81. The monoisotopic (exact) mass is 289 g/mol. The van der Waals surface area contributed by atoms with E-state index in [0.717, 1.165) is 6.42 Å². The molecule has 1 heterocycles. The SMILES string of the molecule is CCOc1cncc(NC2c3ccccc3CC2Cl)n1. The van der Waals surface area contributed by atoms with E-state index in [-0.39, 0.29) is 11.4 Å². The van der Waals surface area contributed by atoms with Crippen LogP contribution in [0.2, 0.25) is 0 Å². The molecule has 20 heavy (non-hydrogen) atoms. The maximum Gasteiger partial charge on any atom is 0.234 e. The van der Waals surface area contributed by atoms with Gasteiger partial charge in [0.25, 0.3) is 0 Å². The number of hydrogen-bond acceptors (Lipinski definition) is 4. The molecule has 0 fully saturated rings. The Morgan fingerprint density at radius 1 is 1.35 bits per heavy atom. The molecule has 0 bridgehead atoms. The van der Waals surface area contributed by atoms with Gasteiger partial charge in [0.1, 0.15) is 5.82 Å². The summed E-state index contributed by atoms with van der Waals surface area (Å²) in [6.07, 6.45) is 4.16. The zero-order chi connectivity index (χ0) is 13.9. The first kappa shape index (κ1) is 13.2. The second-order valence-corrected chi connectivity index (χ2v) is 5.28. The lowest BCUT2D eigenvalue weighted by Crippen LogP contribution is -2.17. The summed E-state index contributed by atoms with van der Waals surface area (Å²) in [6, 6.07) is 8.36. The van der Waals surface area contributed by atoms with Crippen LogP contribution in [0.3, 0.4) is 0 Å². The Morgan fingerprint density at radius 2 is 2.20 bits per heavy atom. The largest absolute Gasteiger partial charge is 0.477 e. The van der Waals surface area contributed by atoms with E-state index in [1.807, 2.05) is 19.1 Å². The predicted octanol–water partition coefficient (Wildman–Crippen LogP) is 3.19. The molecule has 1 aliphatic carbocycles. The van der Waals surface area contributed by atoms with Gasteiger partial charge in [0.15, 0.2) is 0 Å². The summed E-state index contributed by atoms with van der Waals surface area (Å²) in [5.74, 6) is 1.21. The lowest BCUT2D eigenvalue weighted by atomic mass is 10.1. The molecular weight excluding hydrogens is 274 g/mol. The summed E-state index contributed by atoms with van der Waals surface area (Å²) >= 11 is 6.45. The van der Waals surface area contributed by atoms with E-state index < -0.39 is 0 Å². The topological polar surface area (TPSA) is 47.0 Å². The first-order valence-electron chi connectivity index (χ1n) is 6.71. The van der Waals surface area contributed by atoms with Crippen molar-refractivity contribution in [3.8, 4) is 5.88 Å². The number of anilines is 1. The number of ether oxygens (including phenoxy) is 1. The number of fused-ring (bicyclic) bond motifs is 1. The molecule has 2 aromatic rings. The average Bonchev–Trinajstić information content (AvgIpc) is 2.76. The fourth-order valence-corrected chi connectivity index (χ4v) is 2.87. The van der Waals surface area contributed by atoms with Crippen LogP contribution in [0.4, 0.5) is 5.82 Å². The summed E-state index contributed by atoms with van der Waals surface area (Å²) in [6.45, 7) is 2.49. The van der Waals surface area contributed by atoms with Crippen LogP contribution in [0, 0.1) is 0 Å². The fourth-order valence-electron chi connectivity index (χ4n) is 2.51. The Morgan fingerprint density at radius 3 is 3.05 bits per heavy atom. The third-order valence-electron chi connectivity index (χ3n) is 3.37. The van der Waals surface area contributed by atoms with Crippen LogP contribution in [0.15, 0.2) is 36.7 Å². The molecule has 0 amide bonds. The minimum atomic E-state index is 0.0185. The van der Waals surface area contributed by atoms with E-state index >= 15 is 0 Å². The fraction of sp³-hybridized carbons (Fsp3) is 0.333. The molecule has 2 atom stereocenters. The van der Waals surface area contributed by atoms with Crippen LogP contribution in [-0.2, 0) is 6.42 Å². The highest BCUT2D eigenvalue weighted by Crippen LogP contribution is 2.36. The van der Waals surface area contributed by atoms with Crippen LogP contribution in [0.25, 0.3) is 0 Å². The Kier molecular flexibility index (Phi) is 3.74. The summed E-state index contributed by atoms with van der Waals surface area (Å²) in [7, 11) is 0. The molecule has 0 saturated heterocycles. The predicted molar refractivity (Wildman–Crippen MR) is 79.4 cm³/mol. The van der Waals surface area contributed by atoms with Crippen molar-refractivity contribution in [3.63, 3.8) is 0 Å². The van der Waals surface area contributed by atoms with Gasteiger partial charge < -0.3 is 10.1 Å². The normalized spacial score (nSPS) is 20.5. The van der Waals surface area contributed by atoms with Gasteiger partial charge in [-0.15, -0.1) is 11.6 Å². The molecule has 0 spiro atoms. The first-order valence-corrected chi connectivity index (χ1v) is 7.15. The number of alkyl halides is 1. The Balaban J connectivity index is 1.82. The van der Waals surface area contributed by atoms with Crippen LogP contribution < -0.4 is 10.1 Å². The highest BCUT2D eigenvalue weighted by atomic mass is 35.5. The number of benzene rings is 1. The van der Waals surface area contributed by atoms with Gasteiger partial charge in [0, 0.05) is 0 Å². The van der Waals surface area contributed by atoms with Crippen molar-refractivity contribution in [3.05, 3.63) is 47.8 Å². The lowest BCUT2D eigenvalue weighted by molar-refractivity contribution is 0.325. The maximum absolute atomic E-state index is 6.45. The van der Waals surface area contributed by atoms with Gasteiger partial charge in [-0.2, -0.15) is 4.98 Å². The molecule has 0 radical (unpaired) electrons. The summed E-state index contributed by atoms with van der Waals surface area (Å²) in [4.78, 5) is 8.51. The van der Waals surface area contributed by atoms with Gasteiger partial charge >= 0.3 is 0 Å². The number of halogens is 1. The molecular formula is C15H16ClN3O. The third-order valence-corrected chi connectivity index (χ3v) is 3.78. The van der Waals surface area contributed by atoms with Crippen LogP contribution >= 0.6 is 11.6 Å². The lowest BCUT2D eigenvalue weighted by Gasteiger charge is -2.18. The minimum absolute atomic E-state index is 0.0185. The number of nitrogens with one attached hydrogen (secondary N) is 1. The summed E-state index contributed by atoms with van der Waals surface area (Å²) in [5, 5.41) is 3.38. The smallest absolute Gasteiger partial charge is 0.234 e. The van der Waals surface area contributed by atoms with Gasteiger partial charge in [-0.3, -0.25) is 4.98 Å². The molecule has 2 unspecified atom stereocenters. The van der Waals surface area contributed by atoms with Gasteiger partial charge in [0.2, 0.25) is 5.88 Å². The van der Waals surface area contributed by atoms with Crippen LogP contribution in [0.5, 0.6) is 5.88 Å². The van der Waals surface area contributed by atoms with E-state index in [4.69, 9.17) is 16.3 Å². The Labute approximate surface area is 123 Å². The van der Waals surface area contributed by atoms with E-state index in [2.05, 4.69) is 27.4 Å². The van der Waals surface area contributed by atoms with Crippen molar-refractivity contribution in [1.82, 2.24) is 9.97 Å². The minimum Gasteiger partial charge on any atom is -0.477 e. The number of hydrogen-bond donors (Lipinski definition) is 1. The first-order chi connectivity index (χ1) is 9.78. The maximum atomic E-state index is 6.45. The molecule has 3 rings (SSSR count). The second kappa shape index (κ2) is 5.67. The summed E-state index contributed by atoms with van der Waals surface area (Å²) in [5.41, 5.74) is 2.52. The molecule has 5 heteroatoms.